The summed E-state index contributed by atoms with van der Waals surface area (Å²) >= 11 is 0. The van der Waals surface area contributed by atoms with Gasteiger partial charge < -0.3 is 5.32 Å². The average Bonchev–Trinajstić information content (AvgIpc) is 2.39. The highest BCUT2D eigenvalue weighted by Gasteiger charge is 2.23. The fourth-order valence-electron chi connectivity index (χ4n) is 3.05. The van der Waals surface area contributed by atoms with Gasteiger partial charge in [-0.15, -0.1) is 0 Å². The molecule has 20 heavy (non-hydrogen) atoms. The lowest BCUT2D eigenvalue weighted by Crippen LogP contribution is -2.51. The normalized spacial score (nSPS) is 22.4. The molecule has 0 saturated heterocycles. The summed E-state index contributed by atoms with van der Waals surface area (Å²) in [6, 6.07) is -0.544. The highest BCUT2D eigenvalue weighted by atomic mass is 32.2. The zero-order valence-corrected chi connectivity index (χ0v) is 12.7. The van der Waals surface area contributed by atoms with E-state index < -0.39 is 16.2 Å². The van der Waals surface area contributed by atoms with Gasteiger partial charge in [-0.05, 0) is 25.7 Å². The average molecular weight is 303 g/mol. The maximum Gasteiger partial charge on any atom is 0.329 e. The van der Waals surface area contributed by atoms with E-state index >= 15 is 0 Å². The van der Waals surface area contributed by atoms with Crippen LogP contribution in [0.25, 0.3) is 0 Å². The van der Waals surface area contributed by atoms with Crippen LogP contribution in [0.15, 0.2) is 0 Å². The van der Waals surface area contributed by atoms with E-state index in [1.165, 1.54) is 6.42 Å². The van der Waals surface area contributed by atoms with E-state index in [9.17, 15) is 13.2 Å². The number of urea groups is 1. The van der Waals surface area contributed by atoms with Crippen molar-refractivity contribution in [3.05, 3.63) is 0 Å². The molecule has 0 unspecified atom stereocenters. The number of nitrogens with one attached hydrogen (secondary N) is 3. The number of hydrogen-bond donors (Lipinski definition) is 3. The molecule has 0 radical (unpaired) electrons. The highest BCUT2D eigenvalue weighted by molar-refractivity contribution is 7.88. The van der Waals surface area contributed by atoms with E-state index in [0.717, 1.165) is 57.8 Å². The molecule has 7 heteroatoms. The van der Waals surface area contributed by atoms with Crippen molar-refractivity contribution in [2.24, 2.45) is 0 Å². The van der Waals surface area contributed by atoms with Crippen LogP contribution in [0.1, 0.15) is 64.2 Å². The molecular formula is C13H25N3O3S. The van der Waals surface area contributed by atoms with Gasteiger partial charge in [0.05, 0.1) is 0 Å². The second-order valence-electron chi connectivity index (χ2n) is 5.87. The Labute approximate surface area is 121 Å². The lowest BCUT2D eigenvalue weighted by atomic mass is 9.96. The molecule has 2 fully saturated rings. The molecular weight excluding hydrogens is 278 g/mol. The van der Waals surface area contributed by atoms with Gasteiger partial charge in [-0.3, -0.25) is 0 Å². The van der Waals surface area contributed by atoms with E-state index in [1.807, 2.05) is 0 Å². The first-order valence-electron chi connectivity index (χ1n) is 7.66. The Morgan fingerprint density at radius 3 is 1.85 bits per heavy atom. The molecule has 2 aliphatic rings. The van der Waals surface area contributed by atoms with Crippen LogP contribution in [0.3, 0.4) is 0 Å². The van der Waals surface area contributed by atoms with Crippen LogP contribution in [-0.4, -0.2) is 26.5 Å². The molecule has 0 atom stereocenters. The summed E-state index contributed by atoms with van der Waals surface area (Å²) in [5, 5.41) is 2.74. The van der Waals surface area contributed by atoms with E-state index in [0.29, 0.717) is 0 Å². The van der Waals surface area contributed by atoms with Crippen molar-refractivity contribution in [1.82, 2.24) is 14.8 Å². The quantitative estimate of drug-likeness (QED) is 0.740. The van der Waals surface area contributed by atoms with Crippen LogP contribution >= 0.6 is 0 Å². The molecule has 2 aliphatic carbocycles. The standard InChI is InChI=1S/C13H25N3O3S/c17-13(14-11-7-3-1-4-8-11)16-20(18,19)15-12-9-5-2-6-10-12/h11-12,15H,1-10H2,(H2,14,16,17). The van der Waals surface area contributed by atoms with Gasteiger partial charge in [0.15, 0.2) is 0 Å². The molecule has 0 aliphatic heterocycles. The van der Waals surface area contributed by atoms with Gasteiger partial charge in [-0.1, -0.05) is 38.5 Å². The molecule has 2 saturated carbocycles. The van der Waals surface area contributed by atoms with Crippen molar-refractivity contribution in [2.75, 3.05) is 0 Å². The Balaban J connectivity index is 1.76. The minimum Gasteiger partial charge on any atom is -0.335 e. The van der Waals surface area contributed by atoms with E-state index in [2.05, 4.69) is 14.8 Å². The molecule has 6 nitrogen and oxygen atoms in total. The van der Waals surface area contributed by atoms with Gasteiger partial charge in [0.1, 0.15) is 0 Å². The Kier molecular flexibility index (Phi) is 5.65. The molecule has 0 aromatic heterocycles. The van der Waals surface area contributed by atoms with Crippen LogP contribution in [-0.2, 0) is 10.2 Å². The molecule has 0 spiro atoms. The minimum absolute atomic E-state index is 0.0382. The van der Waals surface area contributed by atoms with Crippen LogP contribution in [0.2, 0.25) is 0 Å². The molecule has 0 bridgehead atoms. The summed E-state index contributed by atoms with van der Waals surface area (Å²) in [5.74, 6) is 0. The Morgan fingerprint density at radius 2 is 1.30 bits per heavy atom. The zero-order valence-electron chi connectivity index (χ0n) is 11.9. The number of carbonyl (C=O) groups is 1. The van der Waals surface area contributed by atoms with Gasteiger partial charge in [-0.25, -0.2) is 9.52 Å². The number of rotatable bonds is 4. The van der Waals surface area contributed by atoms with Gasteiger partial charge in [-0.2, -0.15) is 13.1 Å². The van der Waals surface area contributed by atoms with Gasteiger partial charge in [0.2, 0.25) is 0 Å². The van der Waals surface area contributed by atoms with Crippen molar-refractivity contribution in [1.29, 1.82) is 0 Å². The number of amides is 2. The molecule has 116 valence electrons. The zero-order chi connectivity index (χ0) is 14.4. The van der Waals surface area contributed by atoms with Crippen LogP contribution in [0, 0.1) is 0 Å². The summed E-state index contributed by atoms with van der Waals surface area (Å²) in [4.78, 5) is 11.7. The first kappa shape index (κ1) is 15.6. The SMILES string of the molecule is O=C(NC1CCCCC1)NS(=O)(=O)NC1CCCCC1. The summed E-state index contributed by atoms with van der Waals surface area (Å²) in [7, 11) is -3.74. The fraction of sp³-hybridized carbons (Fsp3) is 0.923. The third kappa shape index (κ3) is 5.28. The molecule has 2 amide bonds. The predicted molar refractivity (Wildman–Crippen MR) is 77.5 cm³/mol. The smallest absolute Gasteiger partial charge is 0.329 e. The molecule has 0 aromatic carbocycles. The molecule has 0 heterocycles. The van der Waals surface area contributed by atoms with Crippen molar-refractivity contribution in [3.63, 3.8) is 0 Å². The van der Waals surface area contributed by atoms with Crippen LogP contribution in [0.5, 0.6) is 0 Å². The minimum atomic E-state index is -3.74. The second kappa shape index (κ2) is 7.26. The molecule has 2 rings (SSSR count). The second-order valence-corrected chi connectivity index (χ2v) is 7.31. The van der Waals surface area contributed by atoms with Crippen molar-refractivity contribution in [3.8, 4) is 0 Å². The molecule has 0 aromatic rings. The Hall–Kier alpha value is -0.820. The van der Waals surface area contributed by atoms with Gasteiger partial charge in [0.25, 0.3) is 0 Å². The summed E-state index contributed by atoms with van der Waals surface area (Å²) in [6.07, 6.45) is 10.2. The maximum atomic E-state index is 11.9. The summed E-state index contributed by atoms with van der Waals surface area (Å²) in [5.41, 5.74) is 0. The monoisotopic (exact) mass is 303 g/mol. The summed E-state index contributed by atoms with van der Waals surface area (Å²) in [6.45, 7) is 0. The van der Waals surface area contributed by atoms with Gasteiger partial charge in [0, 0.05) is 12.1 Å². The third-order valence-corrected chi connectivity index (χ3v) is 5.19. The predicted octanol–water partition coefficient (Wildman–Crippen LogP) is 1.79. The third-order valence-electron chi connectivity index (χ3n) is 4.09. The lowest BCUT2D eigenvalue weighted by Gasteiger charge is -2.24. The van der Waals surface area contributed by atoms with E-state index in [1.54, 1.807) is 0 Å². The Morgan fingerprint density at radius 1 is 0.800 bits per heavy atom. The number of hydrogen-bond acceptors (Lipinski definition) is 3. The van der Waals surface area contributed by atoms with Gasteiger partial charge >= 0.3 is 16.2 Å². The summed E-state index contributed by atoms with van der Waals surface area (Å²) < 4.78 is 28.4. The first-order valence-corrected chi connectivity index (χ1v) is 9.14. The molecule has 3 N–H and O–H groups in total. The first-order chi connectivity index (χ1) is 9.55. The lowest BCUT2D eigenvalue weighted by molar-refractivity contribution is 0.237. The largest absolute Gasteiger partial charge is 0.335 e. The van der Waals surface area contributed by atoms with Crippen molar-refractivity contribution < 1.29 is 13.2 Å². The number of carbonyl (C=O) groups excluding carboxylic acids is 1. The Bertz CT molecular complexity index is 413. The van der Waals surface area contributed by atoms with Crippen LogP contribution in [0.4, 0.5) is 4.79 Å². The van der Waals surface area contributed by atoms with Crippen molar-refractivity contribution in [2.45, 2.75) is 76.3 Å². The highest BCUT2D eigenvalue weighted by Crippen LogP contribution is 2.18. The maximum absolute atomic E-state index is 11.9. The fourth-order valence-corrected chi connectivity index (χ4v) is 4.09. The topological polar surface area (TPSA) is 87.3 Å². The van der Waals surface area contributed by atoms with Crippen molar-refractivity contribution >= 4 is 16.2 Å². The van der Waals surface area contributed by atoms with Crippen LogP contribution < -0.4 is 14.8 Å². The van der Waals surface area contributed by atoms with E-state index in [-0.39, 0.29) is 12.1 Å². The van der Waals surface area contributed by atoms with E-state index in [4.69, 9.17) is 0 Å².